The molecule has 266 valence electrons. The summed E-state index contributed by atoms with van der Waals surface area (Å²) >= 11 is 1.30. The maximum absolute atomic E-state index is 14.3. The Morgan fingerprint density at radius 3 is 1.81 bits per heavy atom. The Balaban J connectivity index is 1.19. The molecule has 0 radical (unpaired) electrons. The highest BCUT2D eigenvalue weighted by Gasteiger charge is 2.24. The summed E-state index contributed by atoms with van der Waals surface area (Å²) in [5.74, 6) is 0.647. The Labute approximate surface area is 307 Å². The molecule has 1 saturated heterocycles. The molecular formula is C40H35NO8S3. The van der Waals surface area contributed by atoms with Gasteiger partial charge in [0.2, 0.25) is 0 Å². The van der Waals surface area contributed by atoms with E-state index in [1.54, 1.807) is 84.9 Å². The summed E-state index contributed by atoms with van der Waals surface area (Å²) in [6, 6.07) is 34.0. The van der Waals surface area contributed by atoms with Crippen LogP contribution in [-0.4, -0.2) is 53.8 Å². The van der Waals surface area contributed by atoms with E-state index in [1.165, 1.54) is 73.1 Å². The summed E-state index contributed by atoms with van der Waals surface area (Å²) in [6.07, 6.45) is 3.70. The third-order valence-electron chi connectivity index (χ3n) is 8.72. The molecule has 2 heterocycles. The number of nitrogens with zero attached hydrogens (tertiary/aromatic N) is 1. The van der Waals surface area contributed by atoms with Gasteiger partial charge in [-0.3, -0.25) is 9.69 Å². The fraction of sp³-hybridized carbons (Fsp3) is 0.175. The molecule has 0 aliphatic carbocycles. The van der Waals surface area contributed by atoms with E-state index in [9.17, 15) is 21.6 Å². The first-order chi connectivity index (χ1) is 25.2. The van der Waals surface area contributed by atoms with Crippen LogP contribution in [-0.2, 0) is 20.2 Å². The number of fused-ring (bicyclic) bond motifs is 1. The number of benzene rings is 5. The summed E-state index contributed by atoms with van der Waals surface area (Å²) in [7, 11) is -8.15. The van der Waals surface area contributed by atoms with Crippen LogP contribution in [0.4, 0.5) is 0 Å². The van der Waals surface area contributed by atoms with Crippen molar-refractivity contribution in [1.29, 1.82) is 0 Å². The van der Waals surface area contributed by atoms with Gasteiger partial charge in [-0.2, -0.15) is 16.8 Å². The fourth-order valence-corrected chi connectivity index (χ4v) is 9.19. The Hall–Kier alpha value is -5.01. The van der Waals surface area contributed by atoms with Crippen molar-refractivity contribution in [3.63, 3.8) is 0 Å². The van der Waals surface area contributed by atoms with Gasteiger partial charge in [0.15, 0.2) is 5.78 Å². The molecule has 1 aromatic heterocycles. The van der Waals surface area contributed by atoms with E-state index in [0.29, 0.717) is 44.0 Å². The van der Waals surface area contributed by atoms with Crippen LogP contribution in [0.5, 0.6) is 17.2 Å². The van der Waals surface area contributed by atoms with E-state index in [2.05, 4.69) is 4.90 Å². The standard InChI is InChI=1S/C40H35NO8S3/c42-39(29-14-18-31(19-15-29)47-27-26-41-24-8-3-9-25-41)38-36-23-22-33(49-52(45,46)35-12-6-2-7-13-35)28-37(36)50-40(38)30-16-20-32(21-17-30)48-51(43,44)34-10-4-1-5-11-34/h1-2,4-7,10-23,28H,3,8-9,24-27H2. The predicted octanol–water partition coefficient (Wildman–Crippen LogP) is 8.20. The van der Waals surface area contributed by atoms with Gasteiger partial charge in [-0.15, -0.1) is 11.3 Å². The zero-order chi connectivity index (χ0) is 36.1. The number of piperidine rings is 1. The monoisotopic (exact) mass is 753 g/mol. The Morgan fingerprint density at radius 2 is 1.19 bits per heavy atom. The maximum Gasteiger partial charge on any atom is 0.339 e. The topological polar surface area (TPSA) is 116 Å². The van der Waals surface area contributed by atoms with Gasteiger partial charge >= 0.3 is 20.2 Å². The van der Waals surface area contributed by atoms with Crippen LogP contribution in [0.15, 0.2) is 137 Å². The third-order valence-corrected chi connectivity index (χ3v) is 12.4. The molecule has 0 N–H and O–H groups in total. The molecule has 52 heavy (non-hydrogen) atoms. The summed E-state index contributed by atoms with van der Waals surface area (Å²) in [5.41, 5.74) is 1.51. The van der Waals surface area contributed by atoms with E-state index >= 15 is 0 Å². The van der Waals surface area contributed by atoms with Gasteiger partial charge in [-0.1, -0.05) is 42.8 Å². The number of carbonyl (C=O) groups excluding carboxylic acids is 1. The van der Waals surface area contributed by atoms with Crippen LogP contribution >= 0.6 is 11.3 Å². The van der Waals surface area contributed by atoms with Gasteiger partial charge in [0, 0.05) is 32.6 Å². The fourth-order valence-electron chi connectivity index (χ4n) is 6.07. The van der Waals surface area contributed by atoms with Crippen molar-refractivity contribution in [2.45, 2.75) is 29.1 Å². The molecule has 12 heteroatoms. The van der Waals surface area contributed by atoms with E-state index in [0.717, 1.165) is 19.6 Å². The minimum absolute atomic E-state index is 0.0216. The Kier molecular flexibility index (Phi) is 10.4. The molecule has 0 amide bonds. The highest BCUT2D eigenvalue weighted by molar-refractivity contribution is 7.87. The first-order valence-corrected chi connectivity index (χ1v) is 20.5. The number of hydrogen-bond acceptors (Lipinski definition) is 10. The second-order valence-corrected chi connectivity index (χ2v) is 16.4. The second kappa shape index (κ2) is 15.3. The van der Waals surface area contributed by atoms with Crippen LogP contribution in [0.3, 0.4) is 0 Å². The quantitative estimate of drug-likeness (QED) is 0.0850. The number of carbonyl (C=O) groups is 1. The normalized spacial score (nSPS) is 13.8. The zero-order valence-electron chi connectivity index (χ0n) is 28.0. The van der Waals surface area contributed by atoms with E-state index in [-0.39, 0.29) is 27.1 Å². The molecule has 1 aliphatic heterocycles. The summed E-state index contributed by atoms with van der Waals surface area (Å²) < 4.78 is 69.1. The minimum Gasteiger partial charge on any atom is -0.492 e. The molecule has 0 saturated carbocycles. The number of likely N-dealkylation sites (tertiary alicyclic amines) is 1. The first-order valence-electron chi connectivity index (χ1n) is 16.8. The number of rotatable bonds is 13. The van der Waals surface area contributed by atoms with Crippen molar-refractivity contribution in [2.75, 3.05) is 26.2 Å². The number of ether oxygens (including phenoxy) is 1. The van der Waals surface area contributed by atoms with Crippen LogP contribution in [0.1, 0.15) is 35.2 Å². The van der Waals surface area contributed by atoms with Gasteiger partial charge < -0.3 is 13.1 Å². The highest BCUT2D eigenvalue weighted by Crippen LogP contribution is 2.42. The van der Waals surface area contributed by atoms with Crippen molar-refractivity contribution < 1.29 is 34.7 Å². The highest BCUT2D eigenvalue weighted by atomic mass is 32.2. The number of thiophene rings is 1. The van der Waals surface area contributed by atoms with Gasteiger partial charge in [0.25, 0.3) is 0 Å². The molecule has 7 rings (SSSR count). The first kappa shape index (κ1) is 35.4. The largest absolute Gasteiger partial charge is 0.492 e. The molecule has 0 spiro atoms. The van der Waals surface area contributed by atoms with Crippen molar-refractivity contribution in [3.05, 3.63) is 139 Å². The van der Waals surface area contributed by atoms with Crippen molar-refractivity contribution in [3.8, 4) is 27.7 Å². The van der Waals surface area contributed by atoms with E-state index < -0.39 is 20.2 Å². The summed E-state index contributed by atoms with van der Waals surface area (Å²) in [5, 5.41) is 0.614. The van der Waals surface area contributed by atoms with Crippen LogP contribution in [0.2, 0.25) is 0 Å². The maximum atomic E-state index is 14.3. The molecule has 1 fully saturated rings. The molecule has 0 bridgehead atoms. The average Bonchev–Trinajstić information content (AvgIpc) is 3.55. The lowest BCUT2D eigenvalue weighted by Crippen LogP contribution is -2.33. The van der Waals surface area contributed by atoms with Crippen LogP contribution in [0.25, 0.3) is 20.5 Å². The molecule has 0 atom stereocenters. The summed E-state index contributed by atoms with van der Waals surface area (Å²) in [4.78, 5) is 17.4. The van der Waals surface area contributed by atoms with Crippen molar-refractivity contribution in [1.82, 2.24) is 4.90 Å². The van der Waals surface area contributed by atoms with Gasteiger partial charge in [-0.05, 0) is 122 Å². The van der Waals surface area contributed by atoms with Gasteiger partial charge in [0.1, 0.15) is 33.6 Å². The van der Waals surface area contributed by atoms with Crippen LogP contribution in [0, 0.1) is 0 Å². The molecule has 5 aromatic carbocycles. The van der Waals surface area contributed by atoms with Gasteiger partial charge in [-0.25, -0.2) is 0 Å². The van der Waals surface area contributed by atoms with E-state index in [1.807, 2.05) is 0 Å². The predicted molar refractivity (Wildman–Crippen MR) is 201 cm³/mol. The van der Waals surface area contributed by atoms with Gasteiger partial charge in [0.05, 0.1) is 0 Å². The lowest BCUT2D eigenvalue weighted by Gasteiger charge is -2.26. The summed E-state index contributed by atoms with van der Waals surface area (Å²) in [6.45, 7) is 3.59. The molecule has 6 aromatic rings. The Morgan fingerprint density at radius 1 is 0.635 bits per heavy atom. The number of ketones is 1. The minimum atomic E-state index is -4.09. The van der Waals surface area contributed by atoms with Crippen LogP contribution < -0.4 is 13.1 Å². The molecule has 9 nitrogen and oxygen atoms in total. The number of hydrogen-bond donors (Lipinski definition) is 0. The van der Waals surface area contributed by atoms with Crippen molar-refractivity contribution >= 4 is 47.4 Å². The van der Waals surface area contributed by atoms with E-state index in [4.69, 9.17) is 13.1 Å². The molecule has 0 unspecified atom stereocenters. The average molecular weight is 754 g/mol. The lowest BCUT2D eigenvalue weighted by molar-refractivity contribution is 0.104. The SMILES string of the molecule is O=C(c1ccc(OCCN2CCCCC2)cc1)c1c(-c2ccc(OS(=O)(=O)c3ccccc3)cc2)sc2cc(OS(=O)(=O)c3ccccc3)ccc12. The second-order valence-electron chi connectivity index (χ2n) is 12.3. The zero-order valence-corrected chi connectivity index (χ0v) is 30.5. The van der Waals surface area contributed by atoms with Crippen molar-refractivity contribution in [2.24, 2.45) is 0 Å². The lowest BCUT2D eigenvalue weighted by atomic mass is 9.97. The smallest absolute Gasteiger partial charge is 0.339 e. The molecule has 1 aliphatic rings. The third kappa shape index (κ3) is 8.05. The molecular weight excluding hydrogens is 719 g/mol. The Bertz CT molecular complexity index is 2390.